The van der Waals surface area contributed by atoms with Gasteiger partial charge >= 0.3 is 6.18 Å². The molecular formula is C19H19F3N4O2. The Morgan fingerprint density at radius 3 is 2.50 bits per heavy atom. The van der Waals surface area contributed by atoms with Crippen molar-refractivity contribution in [3.8, 4) is 5.75 Å². The fraction of sp³-hybridized carbons (Fsp3) is 0.421. The van der Waals surface area contributed by atoms with Gasteiger partial charge in [-0.1, -0.05) is 12.1 Å². The van der Waals surface area contributed by atoms with E-state index < -0.39 is 11.9 Å². The zero-order valence-electron chi connectivity index (χ0n) is 15.2. The van der Waals surface area contributed by atoms with Crippen LogP contribution < -0.4 is 4.74 Å². The number of halogens is 3. The van der Waals surface area contributed by atoms with Crippen molar-refractivity contribution in [2.45, 2.75) is 44.3 Å². The average Bonchev–Trinajstić information content (AvgIpc) is 3.25. The molecule has 9 heteroatoms. The van der Waals surface area contributed by atoms with E-state index in [1.165, 1.54) is 4.68 Å². The monoisotopic (exact) mass is 392 g/mol. The molecule has 1 fully saturated rings. The molecule has 148 valence electrons. The zero-order chi connectivity index (χ0) is 19.7. The number of alkyl halides is 3. The van der Waals surface area contributed by atoms with E-state index in [9.17, 15) is 13.2 Å². The first-order valence-corrected chi connectivity index (χ1v) is 9.01. The first-order chi connectivity index (χ1) is 13.4. The summed E-state index contributed by atoms with van der Waals surface area (Å²) >= 11 is 0. The Morgan fingerprint density at radius 1 is 1.14 bits per heavy atom. The predicted molar refractivity (Wildman–Crippen MR) is 93.0 cm³/mol. The number of hydrogen-bond acceptors (Lipinski definition) is 5. The van der Waals surface area contributed by atoms with Crippen LogP contribution in [0.2, 0.25) is 0 Å². The number of aryl methyl sites for hydroxylation is 2. The molecule has 1 aromatic carbocycles. The summed E-state index contributed by atoms with van der Waals surface area (Å²) in [4.78, 5) is 0. The maximum atomic E-state index is 13.0. The summed E-state index contributed by atoms with van der Waals surface area (Å²) in [7, 11) is 1.60. The van der Waals surface area contributed by atoms with Crippen LogP contribution in [0.4, 0.5) is 13.2 Å². The second kappa shape index (κ2) is 7.29. The van der Waals surface area contributed by atoms with Gasteiger partial charge in [0, 0.05) is 24.6 Å². The molecule has 2 heterocycles. The van der Waals surface area contributed by atoms with E-state index in [1.807, 2.05) is 24.3 Å². The summed E-state index contributed by atoms with van der Waals surface area (Å²) in [6.07, 6.45) is -1.84. The maximum absolute atomic E-state index is 13.0. The molecule has 0 saturated heterocycles. The summed E-state index contributed by atoms with van der Waals surface area (Å²) in [6, 6.07) is 8.67. The van der Waals surface area contributed by atoms with Crippen LogP contribution in [-0.2, 0) is 25.6 Å². The van der Waals surface area contributed by atoms with Crippen molar-refractivity contribution in [2.75, 3.05) is 7.11 Å². The molecule has 0 atom stereocenters. The van der Waals surface area contributed by atoms with E-state index in [1.54, 1.807) is 7.11 Å². The average molecular weight is 392 g/mol. The van der Waals surface area contributed by atoms with Crippen LogP contribution in [0.1, 0.15) is 47.5 Å². The fourth-order valence-electron chi connectivity index (χ4n) is 3.04. The Kier molecular flexibility index (Phi) is 4.82. The smallest absolute Gasteiger partial charge is 0.435 e. The molecule has 28 heavy (non-hydrogen) atoms. The number of aromatic nitrogens is 4. The molecule has 0 unspecified atom stereocenters. The number of rotatable bonds is 7. The third-order valence-corrected chi connectivity index (χ3v) is 4.66. The van der Waals surface area contributed by atoms with Crippen molar-refractivity contribution >= 4 is 0 Å². The molecule has 0 bridgehead atoms. The number of nitrogens with zero attached hydrogens (tertiary/aromatic N) is 4. The minimum Gasteiger partial charge on any atom is -0.497 e. The van der Waals surface area contributed by atoms with Crippen LogP contribution in [0, 0.1) is 0 Å². The minimum atomic E-state index is -4.44. The molecule has 4 rings (SSSR count). The second-order valence-corrected chi connectivity index (χ2v) is 6.81. The molecule has 0 amide bonds. The van der Waals surface area contributed by atoms with E-state index in [2.05, 4.69) is 15.3 Å². The lowest BCUT2D eigenvalue weighted by Gasteiger charge is -2.04. The molecule has 6 nitrogen and oxygen atoms in total. The van der Waals surface area contributed by atoms with Crippen molar-refractivity contribution < 1.29 is 22.3 Å². The summed E-state index contributed by atoms with van der Waals surface area (Å²) < 4.78 is 51.1. The molecule has 3 aromatic rings. The SMILES string of the molecule is COc1ccc(Cc2nnc(CCn3nc(C(F)(F)F)cc3C3CC3)o2)cc1. The first-order valence-electron chi connectivity index (χ1n) is 9.01. The van der Waals surface area contributed by atoms with Crippen LogP contribution in [0.15, 0.2) is 34.7 Å². The van der Waals surface area contributed by atoms with Crippen LogP contribution in [-0.4, -0.2) is 27.1 Å². The van der Waals surface area contributed by atoms with Crippen LogP contribution >= 0.6 is 0 Å². The van der Waals surface area contributed by atoms with Gasteiger partial charge in [0.05, 0.1) is 13.5 Å². The van der Waals surface area contributed by atoms with Crippen LogP contribution in [0.3, 0.4) is 0 Å². The summed E-state index contributed by atoms with van der Waals surface area (Å²) in [5.74, 6) is 1.77. The van der Waals surface area contributed by atoms with Crippen molar-refractivity contribution in [3.05, 3.63) is 59.1 Å². The zero-order valence-corrected chi connectivity index (χ0v) is 15.2. The van der Waals surface area contributed by atoms with Crippen molar-refractivity contribution in [1.29, 1.82) is 0 Å². The van der Waals surface area contributed by atoms with E-state index in [0.717, 1.165) is 30.2 Å². The standard InChI is InChI=1S/C19H19F3N4O2/c1-27-14-6-2-12(3-7-14)10-18-24-23-17(28-18)8-9-26-15(13-4-5-13)11-16(25-26)19(20,21)22/h2-3,6-7,11,13H,4-5,8-10H2,1H3. The van der Waals surface area contributed by atoms with Gasteiger partial charge in [-0.15, -0.1) is 10.2 Å². The largest absolute Gasteiger partial charge is 0.497 e. The van der Waals surface area contributed by atoms with Crippen molar-refractivity contribution in [1.82, 2.24) is 20.0 Å². The highest BCUT2D eigenvalue weighted by molar-refractivity contribution is 5.28. The molecule has 0 radical (unpaired) electrons. The van der Waals surface area contributed by atoms with Gasteiger partial charge in [-0.3, -0.25) is 4.68 Å². The molecule has 0 N–H and O–H groups in total. The second-order valence-electron chi connectivity index (χ2n) is 6.81. The van der Waals surface area contributed by atoms with Crippen molar-refractivity contribution in [3.63, 3.8) is 0 Å². The lowest BCUT2D eigenvalue weighted by atomic mass is 10.1. The molecule has 1 saturated carbocycles. The third-order valence-electron chi connectivity index (χ3n) is 4.66. The summed E-state index contributed by atoms with van der Waals surface area (Å²) in [5.41, 5.74) is 0.777. The Morgan fingerprint density at radius 2 is 1.86 bits per heavy atom. The molecule has 0 spiro atoms. The third kappa shape index (κ3) is 4.18. The normalized spacial score (nSPS) is 14.4. The number of ether oxygens (including phenoxy) is 1. The van der Waals surface area contributed by atoms with Crippen LogP contribution in [0.5, 0.6) is 5.75 Å². The highest BCUT2D eigenvalue weighted by atomic mass is 19.4. The molecule has 1 aliphatic carbocycles. The Labute approximate surface area is 159 Å². The Balaban J connectivity index is 1.41. The number of benzene rings is 1. The van der Waals surface area contributed by atoms with Gasteiger partial charge in [0.2, 0.25) is 11.8 Å². The van der Waals surface area contributed by atoms with Gasteiger partial charge < -0.3 is 9.15 Å². The van der Waals surface area contributed by atoms with Gasteiger partial charge in [0.15, 0.2) is 5.69 Å². The van der Waals surface area contributed by atoms with E-state index in [-0.39, 0.29) is 12.5 Å². The topological polar surface area (TPSA) is 66.0 Å². The van der Waals surface area contributed by atoms with Crippen LogP contribution in [0.25, 0.3) is 0 Å². The molecule has 1 aliphatic rings. The predicted octanol–water partition coefficient (Wildman–Crippen LogP) is 4.00. The summed E-state index contributed by atoms with van der Waals surface area (Å²) in [6.45, 7) is 0.270. The minimum absolute atomic E-state index is 0.164. The number of hydrogen-bond donors (Lipinski definition) is 0. The maximum Gasteiger partial charge on any atom is 0.435 e. The Bertz CT molecular complexity index is 943. The van der Waals surface area contributed by atoms with Gasteiger partial charge in [0.25, 0.3) is 0 Å². The quantitative estimate of drug-likeness (QED) is 0.608. The first kappa shape index (κ1) is 18.5. The molecule has 2 aromatic heterocycles. The van der Waals surface area contributed by atoms with E-state index in [4.69, 9.17) is 9.15 Å². The molecule has 0 aliphatic heterocycles. The highest BCUT2D eigenvalue weighted by Crippen LogP contribution is 2.42. The Hall–Kier alpha value is -2.84. The van der Waals surface area contributed by atoms with Gasteiger partial charge in [-0.05, 0) is 36.6 Å². The highest BCUT2D eigenvalue weighted by Gasteiger charge is 2.37. The van der Waals surface area contributed by atoms with E-state index >= 15 is 0 Å². The lowest BCUT2D eigenvalue weighted by molar-refractivity contribution is -0.141. The van der Waals surface area contributed by atoms with Crippen molar-refractivity contribution in [2.24, 2.45) is 0 Å². The fourth-order valence-corrected chi connectivity index (χ4v) is 3.04. The number of methoxy groups -OCH3 is 1. The van der Waals surface area contributed by atoms with Gasteiger partial charge in [0.1, 0.15) is 5.75 Å². The lowest BCUT2D eigenvalue weighted by Crippen LogP contribution is -2.10. The van der Waals surface area contributed by atoms with Gasteiger partial charge in [-0.2, -0.15) is 18.3 Å². The van der Waals surface area contributed by atoms with E-state index in [0.29, 0.717) is 30.3 Å². The van der Waals surface area contributed by atoms with Gasteiger partial charge in [-0.25, -0.2) is 0 Å². The molecular weight excluding hydrogens is 373 g/mol. The summed E-state index contributed by atoms with van der Waals surface area (Å²) in [5, 5.41) is 11.8.